The Morgan fingerprint density at radius 1 is 1.38 bits per heavy atom. The average Bonchev–Trinajstić information content (AvgIpc) is 3.14. The van der Waals surface area contributed by atoms with Crippen molar-refractivity contribution in [1.29, 1.82) is 5.41 Å². The second-order valence-corrected chi connectivity index (χ2v) is 6.07. The molecular weight excluding hydrogens is 312 g/mol. The Morgan fingerprint density at radius 2 is 2.08 bits per heavy atom. The molecule has 0 saturated carbocycles. The smallest absolute Gasteiger partial charge is 0.414 e. The molecule has 8 nitrogen and oxygen atoms in total. The maximum Gasteiger partial charge on any atom is 0.414 e. The molecule has 1 amide bonds. The van der Waals surface area contributed by atoms with Crippen LogP contribution in [0, 0.1) is 5.41 Å². The van der Waals surface area contributed by atoms with E-state index in [1.807, 2.05) is 4.90 Å². The van der Waals surface area contributed by atoms with Gasteiger partial charge in [-0.15, -0.1) is 0 Å². The third-order valence-electron chi connectivity index (χ3n) is 4.45. The highest BCUT2D eigenvalue weighted by Crippen LogP contribution is 2.25. The summed E-state index contributed by atoms with van der Waals surface area (Å²) in [5.41, 5.74) is 6.68. The van der Waals surface area contributed by atoms with Gasteiger partial charge in [0.15, 0.2) is 0 Å². The lowest BCUT2D eigenvalue weighted by Gasteiger charge is -2.23. The molecule has 2 atom stereocenters. The van der Waals surface area contributed by atoms with Crippen LogP contribution in [0.5, 0.6) is 0 Å². The van der Waals surface area contributed by atoms with Crippen LogP contribution in [0.1, 0.15) is 18.4 Å². The Kier molecular flexibility index (Phi) is 4.39. The lowest BCUT2D eigenvalue weighted by molar-refractivity contribution is -0.142. The van der Waals surface area contributed by atoms with Crippen LogP contribution < -0.4 is 10.6 Å². The topological polar surface area (TPSA) is 120 Å². The highest BCUT2D eigenvalue weighted by molar-refractivity contribution is 5.96. The Morgan fingerprint density at radius 3 is 2.71 bits per heavy atom. The van der Waals surface area contributed by atoms with Crippen LogP contribution in [0.25, 0.3) is 0 Å². The number of hydrogen-bond acceptors (Lipinski definition) is 5. The minimum absolute atomic E-state index is 0.0304. The predicted octanol–water partition coefficient (Wildman–Crippen LogP) is 0.845. The first-order chi connectivity index (χ1) is 11.5. The van der Waals surface area contributed by atoms with Gasteiger partial charge in [0.05, 0.1) is 6.54 Å². The normalized spacial score (nSPS) is 24.2. The summed E-state index contributed by atoms with van der Waals surface area (Å²) in [6, 6.07) is 6.30. The summed E-state index contributed by atoms with van der Waals surface area (Å²) >= 11 is 0. The number of likely N-dealkylation sites (tertiary alicyclic amines) is 1. The van der Waals surface area contributed by atoms with Gasteiger partial charge in [-0.3, -0.25) is 20.0 Å². The number of carbonyl (C=O) groups is 2. The molecule has 0 spiro atoms. The third-order valence-corrected chi connectivity index (χ3v) is 4.45. The molecule has 1 aromatic carbocycles. The first-order valence-electron chi connectivity index (χ1n) is 7.85. The van der Waals surface area contributed by atoms with Gasteiger partial charge in [-0.25, -0.2) is 4.79 Å². The van der Waals surface area contributed by atoms with Crippen molar-refractivity contribution in [2.45, 2.75) is 25.0 Å². The minimum Gasteiger partial charge on any atom is -0.480 e. The van der Waals surface area contributed by atoms with Crippen LogP contribution in [-0.4, -0.2) is 59.7 Å². The van der Waals surface area contributed by atoms with Gasteiger partial charge in [-0.1, -0.05) is 0 Å². The van der Waals surface area contributed by atoms with E-state index in [2.05, 4.69) is 0 Å². The fourth-order valence-corrected chi connectivity index (χ4v) is 3.23. The van der Waals surface area contributed by atoms with Crippen molar-refractivity contribution in [2.24, 2.45) is 5.73 Å². The van der Waals surface area contributed by atoms with Crippen molar-refractivity contribution in [1.82, 2.24) is 4.90 Å². The van der Waals surface area contributed by atoms with Crippen LogP contribution in [0.4, 0.5) is 10.5 Å². The van der Waals surface area contributed by atoms with E-state index >= 15 is 0 Å². The average molecular weight is 332 g/mol. The molecule has 2 aliphatic heterocycles. The zero-order valence-electron chi connectivity index (χ0n) is 13.1. The molecular formula is C16H20N4O4. The quantitative estimate of drug-likeness (QED) is 0.543. The summed E-state index contributed by atoms with van der Waals surface area (Å²) in [5, 5.41) is 16.6. The molecule has 3 rings (SSSR count). The molecule has 2 aliphatic rings. The molecule has 24 heavy (non-hydrogen) atoms. The molecule has 4 N–H and O–H groups in total. The van der Waals surface area contributed by atoms with E-state index in [1.54, 1.807) is 24.3 Å². The number of anilines is 1. The van der Waals surface area contributed by atoms with Crippen LogP contribution in [0.3, 0.4) is 0 Å². The Hall–Kier alpha value is -2.61. The third kappa shape index (κ3) is 3.18. The van der Waals surface area contributed by atoms with E-state index in [4.69, 9.17) is 15.9 Å². The number of amidine groups is 1. The summed E-state index contributed by atoms with van der Waals surface area (Å²) in [5.74, 6) is -0.856. The number of ether oxygens (including phenoxy) is 1. The fourth-order valence-electron chi connectivity index (χ4n) is 3.23. The van der Waals surface area contributed by atoms with Crippen LogP contribution in [-0.2, 0) is 9.53 Å². The van der Waals surface area contributed by atoms with E-state index in [1.165, 1.54) is 4.90 Å². The zero-order chi connectivity index (χ0) is 17.3. The lowest BCUT2D eigenvalue weighted by atomic mass is 10.2. The summed E-state index contributed by atoms with van der Waals surface area (Å²) in [4.78, 5) is 26.7. The molecule has 0 aromatic heterocycles. The number of aliphatic carboxylic acids is 1. The largest absolute Gasteiger partial charge is 0.480 e. The summed E-state index contributed by atoms with van der Waals surface area (Å²) in [6.07, 6.45) is 0.673. The number of benzene rings is 1. The van der Waals surface area contributed by atoms with E-state index < -0.39 is 18.1 Å². The molecule has 2 saturated heterocycles. The molecule has 2 fully saturated rings. The zero-order valence-corrected chi connectivity index (χ0v) is 13.1. The van der Waals surface area contributed by atoms with Crippen LogP contribution in [0.2, 0.25) is 0 Å². The highest BCUT2D eigenvalue weighted by atomic mass is 16.6. The maximum atomic E-state index is 12.1. The molecule has 1 aromatic rings. The number of nitrogen functional groups attached to an aromatic ring is 1. The first-order valence-corrected chi connectivity index (χ1v) is 7.85. The number of nitrogens with one attached hydrogen (secondary N) is 1. The molecule has 128 valence electrons. The molecule has 1 unspecified atom stereocenters. The number of carboxylic acids is 1. The van der Waals surface area contributed by atoms with Gasteiger partial charge in [-0.2, -0.15) is 0 Å². The van der Waals surface area contributed by atoms with Gasteiger partial charge < -0.3 is 15.6 Å². The van der Waals surface area contributed by atoms with E-state index in [-0.39, 0.29) is 11.9 Å². The molecule has 0 aliphatic carbocycles. The van der Waals surface area contributed by atoms with Gasteiger partial charge in [0.1, 0.15) is 18.0 Å². The van der Waals surface area contributed by atoms with Crippen LogP contribution >= 0.6 is 0 Å². The monoisotopic (exact) mass is 332 g/mol. The van der Waals surface area contributed by atoms with Gasteiger partial charge in [0.25, 0.3) is 0 Å². The second-order valence-electron chi connectivity index (χ2n) is 6.07. The molecule has 0 radical (unpaired) electrons. The van der Waals surface area contributed by atoms with E-state index in [0.717, 1.165) is 6.42 Å². The number of carboxylic acid groups (broad SMARTS) is 1. The Balaban J connectivity index is 1.65. The molecule has 8 heteroatoms. The van der Waals surface area contributed by atoms with Crippen LogP contribution in [0.15, 0.2) is 24.3 Å². The first kappa shape index (κ1) is 16.3. The predicted molar refractivity (Wildman–Crippen MR) is 87.3 cm³/mol. The number of cyclic esters (lactones) is 1. The summed E-state index contributed by atoms with van der Waals surface area (Å²) in [7, 11) is 0. The van der Waals surface area contributed by atoms with Crippen molar-refractivity contribution >= 4 is 23.6 Å². The minimum atomic E-state index is -0.825. The number of rotatable bonds is 5. The number of hydrogen-bond donors (Lipinski definition) is 3. The number of amides is 1. The number of nitrogens with two attached hydrogens (primary N) is 1. The molecule has 0 bridgehead atoms. The van der Waals surface area contributed by atoms with Gasteiger partial charge in [0, 0.05) is 17.8 Å². The highest BCUT2D eigenvalue weighted by Gasteiger charge is 2.37. The van der Waals surface area contributed by atoms with Crippen molar-refractivity contribution in [3.8, 4) is 0 Å². The van der Waals surface area contributed by atoms with E-state index in [0.29, 0.717) is 37.3 Å². The number of nitrogens with zero attached hydrogens (tertiary/aromatic N) is 2. The lowest BCUT2D eigenvalue weighted by Crippen LogP contribution is -2.41. The standard InChI is InChI=1S/C16H20N4O4/c17-14(18)10-3-5-11(6-4-10)20-9-12(24-16(20)23)8-19-7-1-2-13(19)15(21)22/h3-6,12-13H,1-2,7-9H2,(H3,17,18)(H,21,22)/t12?,13-/m0/s1. The van der Waals surface area contributed by atoms with Gasteiger partial charge in [0.2, 0.25) is 0 Å². The maximum absolute atomic E-state index is 12.1. The van der Waals surface area contributed by atoms with Crippen molar-refractivity contribution in [3.05, 3.63) is 29.8 Å². The number of carbonyl (C=O) groups excluding carboxylic acids is 1. The van der Waals surface area contributed by atoms with Crippen molar-refractivity contribution in [2.75, 3.05) is 24.5 Å². The van der Waals surface area contributed by atoms with Gasteiger partial charge in [-0.05, 0) is 43.7 Å². The molecule has 2 heterocycles. The Labute approximate surface area is 139 Å². The second kappa shape index (κ2) is 6.48. The van der Waals surface area contributed by atoms with Crippen molar-refractivity contribution in [3.63, 3.8) is 0 Å². The van der Waals surface area contributed by atoms with Crippen molar-refractivity contribution < 1.29 is 19.4 Å². The van der Waals surface area contributed by atoms with Gasteiger partial charge >= 0.3 is 12.1 Å². The SMILES string of the molecule is N=C(N)c1ccc(N2CC(CN3CCC[C@H]3C(=O)O)OC2=O)cc1. The van der Waals surface area contributed by atoms with E-state index in [9.17, 15) is 14.7 Å². The summed E-state index contributed by atoms with van der Waals surface area (Å²) < 4.78 is 5.38. The summed E-state index contributed by atoms with van der Waals surface area (Å²) in [6.45, 7) is 1.50. The fraction of sp³-hybridized carbons (Fsp3) is 0.438. The Bertz CT molecular complexity index is 661.